The van der Waals surface area contributed by atoms with E-state index in [1.54, 1.807) is 6.20 Å². The van der Waals surface area contributed by atoms with E-state index in [0.717, 1.165) is 53.8 Å². The Morgan fingerprint density at radius 1 is 1.20 bits per heavy atom. The number of carboxylic acid groups (broad SMARTS) is 1. The number of carbonyl (C=O) groups is 2. The van der Waals surface area contributed by atoms with Gasteiger partial charge in [-0.05, 0) is 80.8 Å². The van der Waals surface area contributed by atoms with E-state index in [0.29, 0.717) is 35.4 Å². The topological polar surface area (TPSA) is 105 Å². The van der Waals surface area contributed by atoms with Crippen molar-refractivity contribution in [2.75, 3.05) is 5.32 Å². The molecule has 2 fully saturated rings. The fraction of sp³-hybridized carbons (Fsp3) is 0.643. The molecule has 7 nitrogen and oxygen atoms in total. The first-order valence-electron chi connectivity index (χ1n) is 12.9. The maximum absolute atomic E-state index is 13.0. The zero-order valence-corrected chi connectivity index (χ0v) is 21.7. The van der Waals surface area contributed by atoms with Crippen LogP contribution in [0.1, 0.15) is 118 Å². The van der Waals surface area contributed by atoms with Crippen LogP contribution in [0.5, 0.6) is 0 Å². The van der Waals surface area contributed by atoms with Crippen LogP contribution in [0.4, 0.5) is 5.82 Å². The number of nitrogens with zero attached hydrogens (tertiary/aromatic N) is 2. The molecule has 0 spiro atoms. The number of carbonyl (C=O) groups excluding carboxylic acids is 1. The molecular formula is C28H39N3O4. The number of nitrogens with one attached hydrogen (secondary N) is 1. The predicted octanol–water partition coefficient (Wildman–Crippen LogP) is 6.47. The van der Waals surface area contributed by atoms with Crippen LogP contribution in [0.3, 0.4) is 0 Å². The molecule has 1 atom stereocenters. The van der Waals surface area contributed by atoms with Crippen LogP contribution in [0.25, 0.3) is 0 Å². The first kappa shape index (κ1) is 25.4. The van der Waals surface area contributed by atoms with Crippen molar-refractivity contribution < 1.29 is 19.2 Å². The van der Waals surface area contributed by atoms with Crippen LogP contribution in [0.2, 0.25) is 0 Å². The van der Waals surface area contributed by atoms with E-state index in [1.165, 1.54) is 6.42 Å². The Kier molecular flexibility index (Phi) is 7.34. The molecule has 2 aromatic heterocycles. The molecule has 0 unspecified atom stereocenters. The minimum absolute atomic E-state index is 0.0108. The molecule has 190 valence electrons. The highest BCUT2D eigenvalue weighted by Gasteiger charge is 2.42. The van der Waals surface area contributed by atoms with Gasteiger partial charge in [0.05, 0.1) is 5.69 Å². The molecule has 7 heteroatoms. The predicted molar refractivity (Wildman–Crippen MR) is 135 cm³/mol. The Balaban J connectivity index is 1.51. The van der Waals surface area contributed by atoms with Crippen molar-refractivity contribution in [3.63, 3.8) is 0 Å². The number of hydrogen-bond acceptors (Lipinski definition) is 5. The van der Waals surface area contributed by atoms with Gasteiger partial charge < -0.3 is 14.9 Å². The number of aromatic nitrogens is 2. The maximum atomic E-state index is 13.0. The largest absolute Gasteiger partial charge is 0.481 e. The Labute approximate surface area is 208 Å². The molecule has 35 heavy (non-hydrogen) atoms. The number of pyridine rings is 1. The van der Waals surface area contributed by atoms with E-state index in [1.807, 2.05) is 19.9 Å². The molecule has 0 aromatic carbocycles. The number of carboxylic acids is 1. The van der Waals surface area contributed by atoms with Gasteiger partial charge in [-0.25, -0.2) is 4.98 Å². The quantitative estimate of drug-likeness (QED) is 0.403. The second kappa shape index (κ2) is 10.1. The van der Waals surface area contributed by atoms with Gasteiger partial charge in [-0.1, -0.05) is 32.0 Å². The Hall–Kier alpha value is -2.70. The summed E-state index contributed by atoms with van der Waals surface area (Å²) in [5, 5.41) is 16.7. The fourth-order valence-electron chi connectivity index (χ4n) is 5.56. The smallest absolute Gasteiger partial charge is 0.303 e. The standard InChI is InChI=1S/C28H39N3O4/c1-16-10-17(2)27(29-15-16)30-22(32)13-20(8-9-23(33)34)25-24(19-6-7-19)26(35-31-25)21-11-18(12-21)14-28(3,4)5/h10,15,18-21H,6-9,11-14H2,1-5H3,(H,33,34)(H,29,30,32)/t18-,20-,21+/m0/s1. The fourth-order valence-corrected chi connectivity index (χ4v) is 5.56. The van der Waals surface area contributed by atoms with Gasteiger partial charge in [0, 0.05) is 36.4 Å². The van der Waals surface area contributed by atoms with Crippen molar-refractivity contribution in [1.29, 1.82) is 0 Å². The number of hydrogen-bond donors (Lipinski definition) is 2. The molecule has 2 heterocycles. The van der Waals surface area contributed by atoms with Crippen molar-refractivity contribution in [1.82, 2.24) is 10.1 Å². The Morgan fingerprint density at radius 2 is 1.91 bits per heavy atom. The highest BCUT2D eigenvalue weighted by Crippen LogP contribution is 2.53. The van der Waals surface area contributed by atoms with Gasteiger partial charge in [0.1, 0.15) is 11.6 Å². The summed E-state index contributed by atoms with van der Waals surface area (Å²) in [6.45, 7) is 10.7. The molecule has 2 N–H and O–H groups in total. The molecule has 0 bridgehead atoms. The van der Waals surface area contributed by atoms with Gasteiger partial charge in [-0.3, -0.25) is 9.59 Å². The van der Waals surface area contributed by atoms with E-state index in [-0.39, 0.29) is 24.7 Å². The molecule has 4 rings (SSSR count). The van der Waals surface area contributed by atoms with Crippen LogP contribution >= 0.6 is 0 Å². The van der Waals surface area contributed by atoms with Gasteiger partial charge in [0.25, 0.3) is 0 Å². The summed E-state index contributed by atoms with van der Waals surface area (Å²) in [5.41, 5.74) is 4.22. The lowest BCUT2D eigenvalue weighted by Gasteiger charge is -2.38. The van der Waals surface area contributed by atoms with E-state index in [2.05, 4.69) is 36.2 Å². The average molecular weight is 482 g/mol. The zero-order chi connectivity index (χ0) is 25.3. The third kappa shape index (κ3) is 6.50. The molecule has 0 saturated heterocycles. The minimum Gasteiger partial charge on any atom is -0.481 e. The lowest BCUT2D eigenvalue weighted by atomic mass is 9.66. The van der Waals surface area contributed by atoms with Crippen molar-refractivity contribution in [3.8, 4) is 0 Å². The van der Waals surface area contributed by atoms with Crippen molar-refractivity contribution in [2.24, 2.45) is 11.3 Å². The van der Waals surface area contributed by atoms with Crippen molar-refractivity contribution in [2.45, 2.75) is 104 Å². The molecule has 2 aliphatic rings. The van der Waals surface area contributed by atoms with E-state index in [9.17, 15) is 14.7 Å². The van der Waals surface area contributed by atoms with Crippen LogP contribution in [0.15, 0.2) is 16.8 Å². The summed E-state index contributed by atoms with van der Waals surface area (Å²) in [6, 6.07) is 1.98. The van der Waals surface area contributed by atoms with E-state index >= 15 is 0 Å². The Morgan fingerprint density at radius 3 is 2.51 bits per heavy atom. The third-order valence-corrected chi connectivity index (χ3v) is 7.27. The molecule has 2 aromatic rings. The first-order valence-corrected chi connectivity index (χ1v) is 12.9. The maximum Gasteiger partial charge on any atom is 0.303 e. The molecular weight excluding hydrogens is 442 g/mol. The number of aryl methyl sites for hydroxylation is 2. The SMILES string of the molecule is Cc1cnc(NC(=O)C[C@H](CCC(=O)O)c2noc([C@H]3C[C@@H](CC(C)(C)C)C3)c2C2CC2)c(C)c1. The van der Waals surface area contributed by atoms with Crippen LogP contribution < -0.4 is 5.32 Å². The average Bonchev–Trinajstić information content (AvgIpc) is 3.47. The lowest BCUT2D eigenvalue weighted by molar-refractivity contribution is -0.137. The molecule has 2 saturated carbocycles. The third-order valence-electron chi connectivity index (χ3n) is 7.27. The summed E-state index contributed by atoms with van der Waals surface area (Å²) in [5.74, 6) is 1.70. The number of aliphatic carboxylic acids is 1. The number of rotatable bonds is 10. The molecule has 1 amide bonds. The van der Waals surface area contributed by atoms with E-state index in [4.69, 9.17) is 4.52 Å². The highest BCUT2D eigenvalue weighted by molar-refractivity contribution is 5.91. The second-order valence-electron chi connectivity index (χ2n) is 12.0. The normalized spacial score (nSPS) is 20.8. The summed E-state index contributed by atoms with van der Waals surface area (Å²) < 4.78 is 5.96. The second-order valence-corrected chi connectivity index (χ2v) is 12.0. The number of amides is 1. The van der Waals surface area contributed by atoms with Crippen molar-refractivity contribution >= 4 is 17.7 Å². The molecule has 0 radical (unpaired) electrons. The van der Waals surface area contributed by atoms with Crippen molar-refractivity contribution in [3.05, 3.63) is 40.4 Å². The van der Waals surface area contributed by atoms with Crippen LogP contribution in [-0.2, 0) is 9.59 Å². The number of anilines is 1. The minimum atomic E-state index is -0.868. The van der Waals surface area contributed by atoms with Gasteiger partial charge in [0.15, 0.2) is 0 Å². The first-order chi connectivity index (χ1) is 16.5. The Bertz CT molecular complexity index is 1070. The summed E-state index contributed by atoms with van der Waals surface area (Å²) in [7, 11) is 0. The highest BCUT2D eigenvalue weighted by atomic mass is 16.5. The zero-order valence-electron chi connectivity index (χ0n) is 21.7. The van der Waals surface area contributed by atoms with Gasteiger partial charge in [0.2, 0.25) is 5.91 Å². The lowest BCUT2D eigenvalue weighted by Crippen LogP contribution is -2.26. The summed E-state index contributed by atoms with van der Waals surface area (Å²) >= 11 is 0. The van der Waals surface area contributed by atoms with E-state index < -0.39 is 5.97 Å². The summed E-state index contributed by atoms with van der Waals surface area (Å²) in [6.07, 6.45) is 7.87. The molecule has 0 aliphatic heterocycles. The van der Waals surface area contributed by atoms with Crippen LogP contribution in [-0.4, -0.2) is 27.1 Å². The van der Waals surface area contributed by atoms with Crippen LogP contribution in [0, 0.1) is 25.2 Å². The summed E-state index contributed by atoms with van der Waals surface area (Å²) in [4.78, 5) is 28.7. The van der Waals surface area contributed by atoms with Gasteiger partial charge in [-0.2, -0.15) is 0 Å². The van der Waals surface area contributed by atoms with Gasteiger partial charge in [-0.15, -0.1) is 0 Å². The monoisotopic (exact) mass is 481 g/mol. The molecule has 2 aliphatic carbocycles. The van der Waals surface area contributed by atoms with Gasteiger partial charge >= 0.3 is 5.97 Å².